The highest BCUT2D eigenvalue weighted by Gasteiger charge is 2.22. The van der Waals surface area contributed by atoms with Gasteiger partial charge in [-0.1, -0.05) is 42.5 Å². The number of ether oxygens (including phenoxy) is 1. The van der Waals surface area contributed by atoms with Crippen molar-refractivity contribution >= 4 is 5.91 Å². The van der Waals surface area contributed by atoms with Crippen LogP contribution in [0.15, 0.2) is 54.6 Å². The molecule has 0 bridgehead atoms. The monoisotopic (exact) mass is 299 g/mol. The van der Waals surface area contributed by atoms with Gasteiger partial charge in [-0.15, -0.1) is 0 Å². The van der Waals surface area contributed by atoms with Crippen LogP contribution in [0.2, 0.25) is 0 Å². The fourth-order valence-corrected chi connectivity index (χ4v) is 1.93. The second kappa shape index (κ2) is 7.09. The van der Waals surface area contributed by atoms with E-state index in [0.29, 0.717) is 17.9 Å². The average molecular weight is 299 g/mol. The van der Waals surface area contributed by atoms with Crippen LogP contribution in [0.25, 0.3) is 0 Å². The van der Waals surface area contributed by atoms with E-state index in [2.05, 4.69) is 5.32 Å². The first-order valence-electron chi connectivity index (χ1n) is 7.21. The molecule has 116 valence electrons. The molecule has 2 aromatic rings. The summed E-state index contributed by atoms with van der Waals surface area (Å²) in [5.41, 5.74) is 0.817. The Kier molecular flexibility index (Phi) is 5.17. The Morgan fingerprint density at radius 1 is 1.09 bits per heavy atom. The Morgan fingerprint density at radius 3 is 2.41 bits per heavy atom. The van der Waals surface area contributed by atoms with Crippen LogP contribution in [0.4, 0.5) is 0 Å². The summed E-state index contributed by atoms with van der Waals surface area (Å²) >= 11 is 0. The number of nitrogens with one attached hydrogen (secondary N) is 1. The van der Waals surface area contributed by atoms with Gasteiger partial charge in [0, 0.05) is 0 Å². The predicted molar refractivity (Wildman–Crippen MR) is 85.8 cm³/mol. The summed E-state index contributed by atoms with van der Waals surface area (Å²) in [5, 5.41) is 12.1. The Labute approximate surface area is 130 Å². The molecule has 1 amide bonds. The number of aliphatic hydroxyl groups is 1. The molecule has 0 aliphatic rings. The molecule has 0 atom stereocenters. The summed E-state index contributed by atoms with van der Waals surface area (Å²) in [4.78, 5) is 12.3. The molecule has 2 aromatic carbocycles. The largest absolute Gasteiger partial charge is 0.488 e. The number of aliphatic hydroxyl groups excluding tert-OH is 1. The zero-order valence-corrected chi connectivity index (χ0v) is 12.9. The number of para-hydroxylation sites is 1. The van der Waals surface area contributed by atoms with Gasteiger partial charge in [-0.2, -0.15) is 0 Å². The van der Waals surface area contributed by atoms with Crippen molar-refractivity contribution in [2.45, 2.75) is 26.0 Å². The van der Waals surface area contributed by atoms with E-state index in [4.69, 9.17) is 4.74 Å². The molecule has 4 heteroatoms. The molecule has 0 aliphatic heterocycles. The minimum atomic E-state index is -0.677. The molecule has 0 aliphatic carbocycles. The van der Waals surface area contributed by atoms with Gasteiger partial charge in [0.25, 0.3) is 5.91 Å². The number of benzene rings is 2. The molecule has 0 fully saturated rings. The molecule has 0 spiro atoms. The summed E-state index contributed by atoms with van der Waals surface area (Å²) in [7, 11) is 0. The van der Waals surface area contributed by atoms with E-state index in [0.717, 1.165) is 5.56 Å². The topological polar surface area (TPSA) is 58.6 Å². The molecule has 0 aromatic heterocycles. The van der Waals surface area contributed by atoms with Gasteiger partial charge in [-0.25, -0.2) is 0 Å². The highest BCUT2D eigenvalue weighted by molar-refractivity contribution is 5.97. The maximum atomic E-state index is 12.3. The fraction of sp³-hybridized carbons (Fsp3) is 0.278. The van der Waals surface area contributed by atoms with Crippen molar-refractivity contribution in [3.63, 3.8) is 0 Å². The molecule has 0 unspecified atom stereocenters. The molecular formula is C18H21NO3. The lowest BCUT2D eigenvalue weighted by Crippen LogP contribution is -2.46. The Balaban J connectivity index is 2.11. The van der Waals surface area contributed by atoms with Gasteiger partial charge >= 0.3 is 0 Å². The molecule has 0 saturated heterocycles. The number of carbonyl (C=O) groups excluding carboxylic acids is 1. The molecule has 22 heavy (non-hydrogen) atoms. The third kappa shape index (κ3) is 4.33. The van der Waals surface area contributed by atoms with Crippen LogP contribution in [0.1, 0.15) is 29.8 Å². The van der Waals surface area contributed by atoms with Crippen LogP contribution in [0, 0.1) is 0 Å². The zero-order chi connectivity index (χ0) is 16.0. The molecule has 0 heterocycles. The summed E-state index contributed by atoms with van der Waals surface area (Å²) in [5.74, 6) is 0.264. The number of hydrogen-bond acceptors (Lipinski definition) is 3. The number of amides is 1. The third-order valence-corrected chi connectivity index (χ3v) is 3.22. The fourth-order valence-electron chi connectivity index (χ4n) is 1.93. The van der Waals surface area contributed by atoms with Crippen molar-refractivity contribution in [3.05, 3.63) is 65.7 Å². The van der Waals surface area contributed by atoms with Crippen molar-refractivity contribution in [2.24, 2.45) is 0 Å². The second-order valence-electron chi connectivity index (χ2n) is 5.77. The molecule has 0 radical (unpaired) electrons. The van der Waals surface area contributed by atoms with Gasteiger partial charge in [-0.05, 0) is 31.5 Å². The average Bonchev–Trinajstić information content (AvgIpc) is 2.54. The van der Waals surface area contributed by atoms with Gasteiger partial charge in [-0.3, -0.25) is 4.79 Å². The van der Waals surface area contributed by atoms with Crippen LogP contribution in [-0.2, 0) is 6.61 Å². The smallest absolute Gasteiger partial charge is 0.255 e. The van der Waals surface area contributed by atoms with Gasteiger partial charge < -0.3 is 15.2 Å². The van der Waals surface area contributed by atoms with Gasteiger partial charge in [0.1, 0.15) is 12.4 Å². The van der Waals surface area contributed by atoms with E-state index < -0.39 is 5.54 Å². The molecule has 0 saturated carbocycles. The summed E-state index contributed by atoms with van der Waals surface area (Å²) < 4.78 is 5.77. The Morgan fingerprint density at radius 2 is 1.73 bits per heavy atom. The molecular weight excluding hydrogens is 278 g/mol. The first-order valence-corrected chi connectivity index (χ1v) is 7.21. The van der Waals surface area contributed by atoms with Crippen LogP contribution in [0.5, 0.6) is 5.75 Å². The highest BCUT2D eigenvalue weighted by atomic mass is 16.5. The predicted octanol–water partition coefficient (Wildman–Crippen LogP) is 2.77. The van der Waals surface area contributed by atoms with E-state index in [1.807, 2.05) is 36.4 Å². The highest BCUT2D eigenvalue weighted by Crippen LogP contribution is 2.20. The molecule has 2 rings (SSSR count). The van der Waals surface area contributed by atoms with E-state index >= 15 is 0 Å². The maximum absolute atomic E-state index is 12.3. The Bertz CT molecular complexity index is 623. The maximum Gasteiger partial charge on any atom is 0.255 e. The van der Waals surface area contributed by atoms with Gasteiger partial charge in [0.15, 0.2) is 0 Å². The van der Waals surface area contributed by atoms with Crippen molar-refractivity contribution in [1.29, 1.82) is 0 Å². The Hall–Kier alpha value is -2.33. The van der Waals surface area contributed by atoms with Crippen molar-refractivity contribution < 1.29 is 14.6 Å². The lowest BCUT2D eigenvalue weighted by molar-refractivity contribution is 0.0865. The lowest BCUT2D eigenvalue weighted by atomic mass is 10.1. The van der Waals surface area contributed by atoms with E-state index in [-0.39, 0.29) is 12.5 Å². The van der Waals surface area contributed by atoms with E-state index in [9.17, 15) is 9.90 Å². The van der Waals surface area contributed by atoms with E-state index in [1.165, 1.54) is 0 Å². The summed E-state index contributed by atoms with van der Waals surface area (Å²) in [6, 6.07) is 16.9. The SMILES string of the molecule is CC(C)(CO)NC(=O)c1ccccc1OCc1ccccc1. The first-order chi connectivity index (χ1) is 10.5. The number of carbonyl (C=O) groups is 1. The van der Waals surface area contributed by atoms with Crippen LogP contribution in [-0.4, -0.2) is 23.2 Å². The lowest BCUT2D eigenvalue weighted by Gasteiger charge is -2.24. The third-order valence-electron chi connectivity index (χ3n) is 3.22. The van der Waals surface area contributed by atoms with Gasteiger partial charge in [0.05, 0.1) is 17.7 Å². The minimum absolute atomic E-state index is 0.133. The van der Waals surface area contributed by atoms with Crippen molar-refractivity contribution in [2.75, 3.05) is 6.61 Å². The number of rotatable bonds is 6. The first kappa shape index (κ1) is 16.0. The minimum Gasteiger partial charge on any atom is -0.488 e. The van der Waals surface area contributed by atoms with Crippen LogP contribution < -0.4 is 10.1 Å². The van der Waals surface area contributed by atoms with Crippen LogP contribution in [0.3, 0.4) is 0 Å². The quantitative estimate of drug-likeness (QED) is 0.862. The summed E-state index contributed by atoms with van der Waals surface area (Å²) in [6.07, 6.45) is 0. The molecule has 2 N–H and O–H groups in total. The van der Waals surface area contributed by atoms with Crippen molar-refractivity contribution in [1.82, 2.24) is 5.32 Å². The van der Waals surface area contributed by atoms with Crippen molar-refractivity contribution in [3.8, 4) is 5.75 Å². The van der Waals surface area contributed by atoms with Gasteiger partial charge in [0.2, 0.25) is 0 Å². The second-order valence-corrected chi connectivity index (χ2v) is 5.77. The standard InChI is InChI=1S/C18H21NO3/c1-18(2,13-20)19-17(21)15-10-6-7-11-16(15)22-12-14-8-4-3-5-9-14/h3-11,20H,12-13H2,1-2H3,(H,19,21). The van der Waals surface area contributed by atoms with E-state index in [1.54, 1.807) is 32.0 Å². The normalized spacial score (nSPS) is 11.0. The number of hydrogen-bond donors (Lipinski definition) is 2. The summed E-state index contributed by atoms with van der Waals surface area (Å²) in [6.45, 7) is 3.79. The van der Waals surface area contributed by atoms with Crippen LogP contribution >= 0.6 is 0 Å². The molecule has 4 nitrogen and oxygen atoms in total. The zero-order valence-electron chi connectivity index (χ0n) is 12.9.